The summed E-state index contributed by atoms with van der Waals surface area (Å²) in [6.07, 6.45) is 1.77. The van der Waals surface area contributed by atoms with Crippen molar-refractivity contribution in [2.24, 2.45) is 0 Å². The van der Waals surface area contributed by atoms with E-state index in [1.165, 1.54) is 22.0 Å². The lowest BCUT2D eigenvalue weighted by Crippen LogP contribution is -2.51. The van der Waals surface area contributed by atoms with Crippen molar-refractivity contribution < 1.29 is 23.8 Å². The van der Waals surface area contributed by atoms with Crippen LogP contribution in [0.5, 0.6) is 6.01 Å². The molecular weight excluding hydrogens is 668 g/mol. The summed E-state index contributed by atoms with van der Waals surface area (Å²) in [4.78, 5) is 44.7. The van der Waals surface area contributed by atoms with Gasteiger partial charge in [-0.05, 0) is 83.4 Å². The van der Waals surface area contributed by atoms with Gasteiger partial charge in [0.05, 0.1) is 18.3 Å². The standard InChI is InChI=1S/C42H52N6O5/c1-29-24-31-14-10-11-15-33(31)36(25-29)47-19-17-34-35(26-47)43-38(51-28-32-16-18-42(5,6)48(32)40(50)53-41(2,3)4)44-37(34)45-20-22-46(23-21-45)39(49)52-27-30-12-8-7-9-13-30/h7-15,24-25,32H,16-23,26-28H2,1-6H3/t32-/m1/s1. The number of hydrogen-bond donors (Lipinski definition) is 0. The number of piperazine rings is 1. The number of amides is 2. The Morgan fingerprint density at radius 2 is 1.62 bits per heavy atom. The first-order chi connectivity index (χ1) is 25.3. The average molecular weight is 721 g/mol. The Morgan fingerprint density at radius 1 is 0.887 bits per heavy atom. The molecule has 3 aliphatic rings. The Morgan fingerprint density at radius 3 is 2.38 bits per heavy atom. The zero-order valence-electron chi connectivity index (χ0n) is 31.9. The highest BCUT2D eigenvalue weighted by Gasteiger charge is 2.45. The summed E-state index contributed by atoms with van der Waals surface area (Å²) in [5.41, 5.74) is 4.45. The predicted octanol–water partition coefficient (Wildman–Crippen LogP) is 7.52. The fourth-order valence-electron chi connectivity index (χ4n) is 7.83. The van der Waals surface area contributed by atoms with Gasteiger partial charge in [-0.15, -0.1) is 0 Å². The van der Waals surface area contributed by atoms with Gasteiger partial charge in [-0.25, -0.2) is 9.59 Å². The van der Waals surface area contributed by atoms with Gasteiger partial charge in [0.1, 0.15) is 24.6 Å². The molecule has 2 saturated heterocycles. The molecule has 53 heavy (non-hydrogen) atoms. The molecule has 0 aliphatic carbocycles. The molecule has 0 unspecified atom stereocenters. The van der Waals surface area contributed by atoms with Crippen LogP contribution in [0.1, 0.15) is 69.8 Å². The molecule has 2 amide bonds. The summed E-state index contributed by atoms with van der Waals surface area (Å²) in [7, 11) is 0. The van der Waals surface area contributed by atoms with E-state index in [1.807, 2.05) is 56.0 Å². The molecule has 3 aliphatic heterocycles. The maximum absolute atomic E-state index is 13.4. The number of aromatic nitrogens is 2. The monoisotopic (exact) mass is 720 g/mol. The lowest BCUT2D eigenvalue weighted by molar-refractivity contribution is -0.00144. The number of benzene rings is 3. The van der Waals surface area contributed by atoms with Crippen LogP contribution in [-0.2, 0) is 29.0 Å². The number of likely N-dealkylation sites (tertiary alicyclic amines) is 1. The minimum Gasteiger partial charge on any atom is -0.461 e. The maximum Gasteiger partial charge on any atom is 0.411 e. The second kappa shape index (κ2) is 14.8. The summed E-state index contributed by atoms with van der Waals surface area (Å²) in [6, 6.07) is 22.9. The molecule has 4 heterocycles. The second-order valence-electron chi connectivity index (χ2n) is 16.1. The Hall–Kier alpha value is -5.06. The summed E-state index contributed by atoms with van der Waals surface area (Å²) < 4.78 is 17.9. The quantitative estimate of drug-likeness (QED) is 0.192. The van der Waals surface area contributed by atoms with Crippen molar-refractivity contribution in [3.63, 3.8) is 0 Å². The van der Waals surface area contributed by atoms with Crippen molar-refractivity contribution in [2.45, 2.75) is 91.1 Å². The first kappa shape index (κ1) is 36.3. The molecule has 11 nitrogen and oxygen atoms in total. The van der Waals surface area contributed by atoms with Crippen molar-refractivity contribution in [1.29, 1.82) is 0 Å². The number of hydrogen-bond acceptors (Lipinski definition) is 9. The van der Waals surface area contributed by atoms with E-state index in [9.17, 15) is 9.59 Å². The van der Waals surface area contributed by atoms with E-state index in [-0.39, 0.29) is 37.0 Å². The van der Waals surface area contributed by atoms with E-state index >= 15 is 0 Å². The lowest BCUT2D eigenvalue weighted by atomic mass is 10.0. The average Bonchev–Trinajstić information content (AvgIpc) is 3.45. The van der Waals surface area contributed by atoms with Crippen LogP contribution in [0.25, 0.3) is 10.8 Å². The third-order valence-corrected chi connectivity index (χ3v) is 10.5. The minimum atomic E-state index is -0.602. The zero-order chi connectivity index (χ0) is 37.3. The molecule has 0 bridgehead atoms. The SMILES string of the molecule is Cc1cc(N2CCc3c(nc(OC[C@H]4CCC(C)(C)N4C(=O)OC(C)(C)C)nc3N3CCN(C(=O)OCc4ccccc4)CC3)C2)c2ccccc2c1. The molecule has 280 valence electrons. The zero-order valence-corrected chi connectivity index (χ0v) is 31.9. The van der Waals surface area contributed by atoms with Crippen molar-refractivity contribution in [1.82, 2.24) is 19.8 Å². The smallest absolute Gasteiger partial charge is 0.411 e. The third-order valence-electron chi connectivity index (χ3n) is 10.5. The molecule has 7 rings (SSSR count). The lowest BCUT2D eigenvalue weighted by Gasteiger charge is -2.38. The molecule has 11 heteroatoms. The highest BCUT2D eigenvalue weighted by atomic mass is 16.6. The van der Waals surface area contributed by atoms with Crippen LogP contribution < -0.4 is 14.5 Å². The highest BCUT2D eigenvalue weighted by molar-refractivity contribution is 5.95. The largest absolute Gasteiger partial charge is 0.461 e. The van der Waals surface area contributed by atoms with Crippen LogP contribution in [0.4, 0.5) is 21.1 Å². The molecule has 1 atom stereocenters. The summed E-state index contributed by atoms with van der Waals surface area (Å²) in [6.45, 7) is 16.2. The fraction of sp³-hybridized carbons (Fsp3) is 0.476. The second-order valence-corrected chi connectivity index (χ2v) is 16.1. The fourth-order valence-corrected chi connectivity index (χ4v) is 7.83. The van der Waals surface area contributed by atoms with Gasteiger partial charge in [0.25, 0.3) is 0 Å². The predicted molar refractivity (Wildman–Crippen MR) is 207 cm³/mol. The van der Waals surface area contributed by atoms with Crippen molar-refractivity contribution >= 4 is 34.5 Å². The number of carbonyl (C=O) groups excluding carboxylic acids is 2. The van der Waals surface area contributed by atoms with E-state index in [1.54, 1.807) is 4.90 Å². The van der Waals surface area contributed by atoms with Gasteiger partial charge in [-0.1, -0.05) is 60.7 Å². The van der Waals surface area contributed by atoms with E-state index in [4.69, 9.17) is 24.2 Å². The van der Waals surface area contributed by atoms with E-state index in [2.05, 4.69) is 67.0 Å². The van der Waals surface area contributed by atoms with Crippen molar-refractivity contribution in [2.75, 3.05) is 49.1 Å². The molecule has 1 aromatic heterocycles. The van der Waals surface area contributed by atoms with Gasteiger partial charge in [-0.2, -0.15) is 9.97 Å². The van der Waals surface area contributed by atoms with Gasteiger partial charge >= 0.3 is 18.2 Å². The van der Waals surface area contributed by atoms with Crippen LogP contribution in [0.3, 0.4) is 0 Å². The molecular formula is C42H52N6O5. The normalized spacial score (nSPS) is 18.6. The summed E-state index contributed by atoms with van der Waals surface area (Å²) in [5.74, 6) is 0.854. The van der Waals surface area contributed by atoms with Gasteiger partial charge in [0.2, 0.25) is 0 Å². The molecule has 0 saturated carbocycles. The van der Waals surface area contributed by atoms with Crippen LogP contribution in [0.15, 0.2) is 66.7 Å². The molecule has 0 radical (unpaired) electrons. The maximum atomic E-state index is 13.4. The molecule has 0 spiro atoms. The number of anilines is 2. The Balaban J connectivity index is 1.13. The van der Waals surface area contributed by atoms with Gasteiger partial charge in [-0.3, -0.25) is 4.90 Å². The third kappa shape index (κ3) is 8.14. The van der Waals surface area contributed by atoms with E-state index in [0.29, 0.717) is 38.7 Å². The molecule has 0 N–H and O–H groups in total. The molecule has 3 aromatic carbocycles. The minimum absolute atomic E-state index is 0.177. The Labute approximate surface area is 312 Å². The van der Waals surface area contributed by atoms with Gasteiger partial charge in [0, 0.05) is 54.9 Å². The van der Waals surface area contributed by atoms with Crippen LogP contribution in [0.2, 0.25) is 0 Å². The summed E-state index contributed by atoms with van der Waals surface area (Å²) in [5, 5.41) is 2.43. The number of rotatable bonds is 7. The van der Waals surface area contributed by atoms with Gasteiger partial charge in [0.15, 0.2) is 0 Å². The van der Waals surface area contributed by atoms with Crippen LogP contribution >= 0.6 is 0 Å². The number of fused-ring (bicyclic) bond motifs is 2. The molecule has 4 aromatic rings. The van der Waals surface area contributed by atoms with Crippen molar-refractivity contribution in [3.05, 3.63) is 89.1 Å². The highest BCUT2D eigenvalue weighted by Crippen LogP contribution is 2.37. The number of ether oxygens (including phenoxy) is 3. The van der Waals surface area contributed by atoms with Crippen molar-refractivity contribution in [3.8, 4) is 6.01 Å². The number of nitrogens with zero attached hydrogens (tertiary/aromatic N) is 6. The Bertz CT molecular complexity index is 1950. The van der Waals surface area contributed by atoms with Gasteiger partial charge < -0.3 is 28.9 Å². The van der Waals surface area contributed by atoms with E-state index in [0.717, 1.165) is 48.4 Å². The first-order valence-electron chi connectivity index (χ1n) is 18.8. The first-order valence-corrected chi connectivity index (χ1v) is 18.8. The van der Waals surface area contributed by atoms with Crippen LogP contribution in [0, 0.1) is 6.92 Å². The Kier molecular flexibility index (Phi) is 10.1. The molecule has 2 fully saturated rings. The summed E-state index contributed by atoms with van der Waals surface area (Å²) >= 11 is 0. The number of carbonyl (C=O) groups is 2. The van der Waals surface area contributed by atoms with E-state index < -0.39 is 5.60 Å². The van der Waals surface area contributed by atoms with Crippen LogP contribution in [-0.4, -0.2) is 88.5 Å². The topological polar surface area (TPSA) is 101 Å². The number of aryl methyl sites for hydroxylation is 1.